The monoisotopic (exact) mass is 539 g/mol. The largest absolute Gasteiger partial charge is 0.490 e. The molecule has 3 aliphatic rings. The van der Waals surface area contributed by atoms with Crippen LogP contribution in [0, 0.1) is 11.3 Å². The summed E-state index contributed by atoms with van der Waals surface area (Å²) in [5.41, 5.74) is 2.57. The van der Waals surface area contributed by atoms with Gasteiger partial charge in [-0.1, -0.05) is 17.7 Å². The molecular weight excluding hydrogens is 502 g/mol. The Balaban J connectivity index is 1.55. The van der Waals surface area contributed by atoms with Crippen LogP contribution in [0.5, 0.6) is 5.75 Å². The van der Waals surface area contributed by atoms with Gasteiger partial charge in [0.15, 0.2) is 0 Å². The highest BCUT2D eigenvalue weighted by atomic mass is 35.5. The number of carbonyl (C=O) groups excluding carboxylic acids is 2. The molecule has 38 heavy (non-hydrogen) atoms. The zero-order valence-corrected chi connectivity index (χ0v) is 23.8. The molecule has 1 aliphatic heterocycles. The summed E-state index contributed by atoms with van der Waals surface area (Å²) < 4.78 is 17.4. The van der Waals surface area contributed by atoms with Crippen molar-refractivity contribution in [2.75, 3.05) is 31.7 Å². The minimum absolute atomic E-state index is 0.136. The third-order valence-corrected chi connectivity index (χ3v) is 8.91. The topological polar surface area (TPSA) is 65.1 Å². The second kappa shape index (κ2) is 9.78. The first kappa shape index (κ1) is 26.9. The summed E-state index contributed by atoms with van der Waals surface area (Å²) in [6, 6.07) is 11.8. The molecule has 204 valence electrons. The molecule has 7 heteroatoms. The highest BCUT2D eigenvalue weighted by Crippen LogP contribution is 2.50. The van der Waals surface area contributed by atoms with E-state index >= 15 is 0 Å². The van der Waals surface area contributed by atoms with Gasteiger partial charge in [-0.25, -0.2) is 4.79 Å². The number of anilines is 1. The number of halogens is 1. The highest BCUT2D eigenvalue weighted by Gasteiger charge is 2.51. The number of esters is 2. The van der Waals surface area contributed by atoms with Gasteiger partial charge in [-0.2, -0.15) is 0 Å². The van der Waals surface area contributed by atoms with Crippen molar-refractivity contribution in [3.05, 3.63) is 58.1 Å². The number of rotatable bonds is 4. The SMILES string of the molecule is COC(=O)[C@]1(C)CC[C@H]1CN1C[C@@]2(CCCc3cc(Cl)ccc32)COc2ccc(C(=O)OC(C)(C)C)cc21. The molecule has 3 atom stereocenters. The Bertz CT molecular complexity index is 1250. The van der Waals surface area contributed by atoms with Gasteiger partial charge in [0.05, 0.1) is 30.4 Å². The van der Waals surface area contributed by atoms with E-state index in [0.29, 0.717) is 18.7 Å². The van der Waals surface area contributed by atoms with E-state index in [1.807, 2.05) is 45.9 Å². The molecule has 0 unspecified atom stereocenters. The van der Waals surface area contributed by atoms with Crippen molar-refractivity contribution in [1.82, 2.24) is 0 Å². The lowest BCUT2D eigenvalue weighted by Gasteiger charge is -2.48. The maximum Gasteiger partial charge on any atom is 0.338 e. The Morgan fingerprint density at radius 3 is 2.63 bits per heavy atom. The summed E-state index contributed by atoms with van der Waals surface area (Å²) in [5, 5.41) is 0.751. The number of methoxy groups -OCH3 is 1. The fraction of sp³-hybridized carbons (Fsp3) is 0.548. The lowest BCUT2D eigenvalue weighted by Crippen LogP contribution is -2.53. The van der Waals surface area contributed by atoms with Gasteiger partial charge in [-0.05, 0) is 107 Å². The van der Waals surface area contributed by atoms with Crippen LogP contribution in [0.3, 0.4) is 0 Å². The number of benzene rings is 2. The van der Waals surface area contributed by atoms with Crippen molar-refractivity contribution >= 4 is 29.2 Å². The Morgan fingerprint density at radius 2 is 1.95 bits per heavy atom. The number of carbonyl (C=O) groups is 2. The molecular formula is C31H38ClNO5. The normalized spacial score (nSPS) is 26.4. The maximum atomic E-state index is 13.0. The zero-order valence-electron chi connectivity index (χ0n) is 23.1. The van der Waals surface area contributed by atoms with Crippen LogP contribution in [0.1, 0.15) is 74.9 Å². The van der Waals surface area contributed by atoms with Gasteiger partial charge in [0.2, 0.25) is 0 Å². The lowest BCUT2D eigenvalue weighted by molar-refractivity contribution is -0.162. The summed E-state index contributed by atoms with van der Waals surface area (Å²) in [4.78, 5) is 28.0. The van der Waals surface area contributed by atoms with Gasteiger partial charge >= 0.3 is 11.9 Å². The smallest absolute Gasteiger partial charge is 0.338 e. The van der Waals surface area contributed by atoms with Crippen molar-refractivity contribution in [2.45, 2.75) is 70.8 Å². The molecule has 2 aromatic carbocycles. The van der Waals surface area contributed by atoms with Crippen LogP contribution in [0.25, 0.3) is 0 Å². The van der Waals surface area contributed by atoms with E-state index in [0.717, 1.165) is 55.1 Å². The first-order chi connectivity index (χ1) is 17.9. The first-order valence-electron chi connectivity index (χ1n) is 13.6. The van der Waals surface area contributed by atoms with Crippen LogP contribution in [0.4, 0.5) is 5.69 Å². The van der Waals surface area contributed by atoms with Gasteiger partial charge in [0.25, 0.3) is 0 Å². The predicted molar refractivity (Wildman–Crippen MR) is 148 cm³/mol. The number of hydrogen-bond donors (Lipinski definition) is 0. The molecule has 6 nitrogen and oxygen atoms in total. The molecule has 0 bridgehead atoms. The summed E-state index contributed by atoms with van der Waals surface area (Å²) in [6.45, 7) is 9.53. The summed E-state index contributed by atoms with van der Waals surface area (Å²) >= 11 is 6.37. The standard InChI is InChI=1S/C31H38ClNO5/c1-29(2,3)38-27(34)21-8-11-26-25(16-21)33(17-22-12-14-30(22,4)28(35)36-5)18-31(19-37-26)13-6-7-20-15-23(32)9-10-24(20)31/h8-11,15-16,22H,6-7,12-14,17-19H2,1-5H3/t22-,30+,31-/m0/s1. The van der Waals surface area contributed by atoms with Gasteiger partial charge in [0, 0.05) is 23.5 Å². The van der Waals surface area contributed by atoms with E-state index < -0.39 is 11.0 Å². The van der Waals surface area contributed by atoms with Gasteiger partial charge in [-0.3, -0.25) is 4.79 Å². The molecule has 0 aromatic heterocycles. The molecule has 0 radical (unpaired) electrons. The van der Waals surface area contributed by atoms with Gasteiger partial charge in [0.1, 0.15) is 11.4 Å². The maximum absolute atomic E-state index is 13.0. The average molecular weight is 540 g/mol. The van der Waals surface area contributed by atoms with Crippen LogP contribution in [-0.2, 0) is 26.1 Å². The Labute approximate surface area is 230 Å². The molecule has 0 amide bonds. The van der Waals surface area contributed by atoms with Crippen LogP contribution in [-0.4, -0.2) is 44.3 Å². The van der Waals surface area contributed by atoms with Crippen molar-refractivity contribution < 1.29 is 23.8 Å². The number of nitrogens with zero attached hydrogens (tertiary/aromatic N) is 1. The highest BCUT2D eigenvalue weighted by molar-refractivity contribution is 6.30. The molecule has 0 N–H and O–H groups in total. The number of fused-ring (bicyclic) bond motifs is 3. The van der Waals surface area contributed by atoms with Crippen molar-refractivity contribution in [2.24, 2.45) is 11.3 Å². The number of aryl methyl sites for hydroxylation is 1. The van der Waals surface area contributed by atoms with Crippen LogP contribution in [0.2, 0.25) is 5.02 Å². The molecule has 1 spiro atoms. The molecule has 0 saturated heterocycles. The third-order valence-electron chi connectivity index (χ3n) is 8.68. The van der Waals surface area contributed by atoms with E-state index in [1.54, 1.807) is 6.07 Å². The Kier molecular flexibility index (Phi) is 6.91. The Hall–Kier alpha value is -2.73. The number of hydrogen-bond acceptors (Lipinski definition) is 6. The summed E-state index contributed by atoms with van der Waals surface area (Å²) in [5.74, 6) is 0.362. The average Bonchev–Trinajstić information content (AvgIpc) is 3.01. The summed E-state index contributed by atoms with van der Waals surface area (Å²) in [7, 11) is 1.46. The number of ether oxygens (including phenoxy) is 3. The molecule has 1 fully saturated rings. The second-order valence-corrected chi connectivity index (χ2v) is 12.9. The lowest BCUT2D eigenvalue weighted by atomic mass is 9.61. The molecule has 1 saturated carbocycles. The quantitative estimate of drug-likeness (QED) is 0.421. The minimum Gasteiger partial charge on any atom is -0.490 e. The van der Waals surface area contributed by atoms with E-state index in [1.165, 1.54) is 18.2 Å². The van der Waals surface area contributed by atoms with E-state index in [9.17, 15) is 9.59 Å². The van der Waals surface area contributed by atoms with Crippen LogP contribution in [0.15, 0.2) is 36.4 Å². The van der Waals surface area contributed by atoms with E-state index in [4.69, 9.17) is 25.8 Å². The van der Waals surface area contributed by atoms with Crippen LogP contribution < -0.4 is 9.64 Å². The molecule has 1 heterocycles. The molecule has 5 rings (SSSR count). The summed E-state index contributed by atoms with van der Waals surface area (Å²) in [6.07, 6.45) is 4.79. The second-order valence-electron chi connectivity index (χ2n) is 12.4. The van der Waals surface area contributed by atoms with Gasteiger partial charge in [-0.15, -0.1) is 0 Å². The van der Waals surface area contributed by atoms with Gasteiger partial charge < -0.3 is 19.1 Å². The van der Waals surface area contributed by atoms with Crippen LogP contribution >= 0.6 is 11.6 Å². The predicted octanol–water partition coefficient (Wildman–Crippen LogP) is 6.36. The first-order valence-corrected chi connectivity index (χ1v) is 13.9. The fourth-order valence-electron chi connectivity index (χ4n) is 6.42. The zero-order chi connectivity index (χ0) is 27.3. The van der Waals surface area contributed by atoms with Crippen molar-refractivity contribution in [3.8, 4) is 5.75 Å². The van der Waals surface area contributed by atoms with E-state index in [-0.39, 0.29) is 23.3 Å². The minimum atomic E-state index is -0.592. The molecule has 2 aromatic rings. The van der Waals surface area contributed by atoms with E-state index in [2.05, 4.69) is 17.0 Å². The third kappa shape index (κ3) is 4.88. The van der Waals surface area contributed by atoms with Crippen molar-refractivity contribution in [1.29, 1.82) is 0 Å². The molecule has 2 aliphatic carbocycles. The fourth-order valence-corrected chi connectivity index (χ4v) is 6.61. The van der Waals surface area contributed by atoms with Crippen molar-refractivity contribution in [3.63, 3.8) is 0 Å². The Morgan fingerprint density at radius 1 is 1.16 bits per heavy atom.